The molecule has 1 aliphatic heterocycles. The van der Waals surface area contributed by atoms with Crippen molar-refractivity contribution in [1.82, 2.24) is 15.2 Å². The van der Waals surface area contributed by atoms with Crippen molar-refractivity contribution < 1.29 is 4.74 Å². The first-order chi connectivity index (χ1) is 8.24. The molecule has 2 heterocycles. The van der Waals surface area contributed by atoms with Gasteiger partial charge in [0.25, 0.3) is 0 Å². The number of halogens is 1. The van der Waals surface area contributed by atoms with Crippen molar-refractivity contribution in [3.63, 3.8) is 0 Å². The van der Waals surface area contributed by atoms with E-state index in [1.54, 1.807) is 0 Å². The van der Waals surface area contributed by atoms with Crippen LogP contribution in [-0.2, 0) is 11.3 Å². The number of hydrogen-bond acceptors (Lipinski definition) is 4. The van der Waals surface area contributed by atoms with Gasteiger partial charge in [0, 0.05) is 26.2 Å². The molecule has 4 nitrogen and oxygen atoms in total. The number of likely N-dealkylation sites (N-methyl/N-ethyl adjacent to an activating group) is 1. The summed E-state index contributed by atoms with van der Waals surface area (Å²) in [6, 6.07) is 5.95. The molecule has 1 aromatic heterocycles. The number of nitrogens with zero attached hydrogens (tertiary/aromatic N) is 2. The fraction of sp³-hybridized carbons (Fsp3) is 0.583. The molecule has 0 radical (unpaired) electrons. The molecule has 1 unspecified atom stereocenters. The molecule has 0 amide bonds. The first-order valence-corrected chi connectivity index (χ1v) is 6.65. The Morgan fingerprint density at radius 3 is 3.24 bits per heavy atom. The summed E-state index contributed by atoms with van der Waals surface area (Å²) in [7, 11) is 2.13. The fourth-order valence-electron chi connectivity index (χ4n) is 1.90. The van der Waals surface area contributed by atoms with E-state index in [1.807, 2.05) is 18.2 Å². The summed E-state index contributed by atoms with van der Waals surface area (Å²) in [6.07, 6.45) is 0.293. The number of rotatable bonds is 4. The van der Waals surface area contributed by atoms with Crippen LogP contribution in [0.4, 0.5) is 0 Å². The molecule has 0 aliphatic carbocycles. The summed E-state index contributed by atoms with van der Waals surface area (Å²) < 4.78 is 6.56. The lowest BCUT2D eigenvalue weighted by atomic mass is 10.2. The zero-order valence-electron chi connectivity index (χ0n) is 10.0. The van der Waals surface area contributed by atoms with Gasteiger partial charge >= 0.3 is 0 Å². The molecule has 5 heteroatoms. The Hall–Kier alpha value is -0.490. The van der Waals surface area contributed by atoms with E-state index in [-0.39, 0.29) is 0 Å². The Morgan fingerprint density at radius 1 is 1.59 bits per heavy atom. The second-order valence-corrected chi connectivity index (χ2v) is 5.15. The SMILES string of the molecule is CN1CCOC(CNCc2cccc(Br)n2)C1. The zero-order valence-corrected chi connectivity index (χ0v) is 11.6. The highest BCUT2D eigenvalue weighted by Crippen LogP contribution is 2.06. The van der Waals surface area contributed by atoms with Crippen LogP contribution < -0.4 is 5.32 Å². The third kappa shape index (κ3) is 4.35. The maximum Gasteiger partial charge on any atom is 0.106 e. The molecule has 1 atom stereocenters. The van der Waals surface area contributed by atoms with Crippen LogP contribution in [-0.4, -0.2) is 49.3 Å². The van der Waals surface area contributed by atoms with Crippen LogP contribution in [0.1, 0.15) is 5.69 Å². The van der Waals surface area contributed by atoms with Crippen molar-refractivity contribution in [2.75, 3.05) is 33.3 Å². The van der Waals surface area contributed by atoms with Crippen molar-refractivity contribution in [3.05, 3.63) is 28.5 Å². The Labute approximate surface area is 110 Å². The van der Waals surface area contributed by atoms with Crippen molar-refractivity contribution in [2.24, 2.45) is 0 Å². The molecule has 17 heavy (non-hydrogen) atoms. The summed E-state index contributed by atoms with van der Waals surface area (Å²) in [5.41, 5.74) is 1.04. The smallest absolute Gasteiger partial charge is 0.106 e. The zero-order chi connectivity index (χ0) is 12.1. The third-order valence-corrected chi connectivity index (χ3v) is 3.23. The Morgan fingerprint density at radius 2 is 2.47 bits per heavy atom. The lowest BCUT2D eigenvalue weighted by Gasteiger charge is -2.30. The van der Waals surface area contributed by atoms with Crippen LogP contribution in [0.5, 0.6) is 0 Å². The molecule has 0 spiro atoms. The summed E-state index contributed by atoms with van der Waals surface area (Å²) >= 11 is 3.37. The van der Waals surface area contributed by atoms with Crippen LogP contribution in [0, 0.1) is 0 Å². The van der Waals surface area contributed by atoms with Crippen LogP contribution in [0.2, 0.25) is 0 Å². The number of morpholine rings is 1. The topological polar surface area (TPSA) is 37.4 Å². The minimum Gasteiger partial charge on any atom is -0.374 e. The molecule has 94 valence electrons. The lowest BCUT2D eigenvalue weighted by Crippen LogP contribution is -2.44. The van der Waals surface area contributed by atoms with Crippen LogP contribution in [0.15, 0.2) is 22.8 Å². The van der Waals surface area contributed by atoms with Gasteiger partial charge in [0.1, 0.15) is 4.60 Å². The van der Waals surface area contributed by atoms with E-state index in [0.29, 0.717) is 6.10 Å². The average molecular weight is 300 g/mol. The van der Waals surface area contributed by atoms with Crippen molar-refractivity contribution in [3.8, 4) is 0 Å². The Kier molecular flexibility index (Phi) is 4.91. The molecular formula is C12H18BrN3O. The van der Waals surface area contributed by atoms with Crippen LogP contribution in [0.3, 0.4) is 0 Å². The maximum atomic E-state index is 5.68. The largest absolute Gasteiger partial charge is 0.374 e. The van der Waals surface area contributed by atoms with Crippen molar-refractivity contribution in [2.45, 2.75) is 12.6 Å². The summed E-state index contributed by atoms with van der Waals surface area (Å²) in [6.45, 7) is 4.52. The van der Waals surface area contributed by atoms with Crippen LogP contribution in [0.25, 0.3) is 0 Å². The lowest BCUT2D eigenvalue weighted by molar-refractivity contribution is -0.0182. The first-order valence-electron chi connectivity index (χ1n) is 5.86. The molecule has 1 N–H and O–H groups in total. The van der Waals surface area contributed by atoms with Gasteiger partial charge in [-0.1, -0.05) is 6.07 Å². The maximum absolute atomic E-state index is 5.68. The van der Waals surface area contributed by atoms with E-state index in [0.717, 1.165) is 43.1 Å². The van der Waals surface area contributed by atoms with E-state index < -0.39 is 0 Å². The van der Waals surface area contributed by atoms with E-state index >= 15 is 0 Å². The minimum absolute atomic E-state index is 0.293. The van der Waals surface area contributed by atoms with Gasteiger partial charge in [-0.3, -0.25) is 0 Å². The van der Waals surface area contributed by atoms with Crippen molar-refractivity contribution >= 4 is 15.9 Å². The highest BCUT2D eigenvalue weighted by molar-refractivity contribution is 9.10. The molecule has 1 saturated heterocycles. The molecule has 0 saturated carbocycles. The van der Waals surface area contributed by atoms with Crippen molar-refractivity contribution in [1.29, 1.82) is 0 Å². The van der Waals surface area contributed by atoms with E-state index in [9.17, 15) is 0 Å². The minimum atomic E-state index is 0.293. The van der Waals surface area contributed by atoms with Gasteiger partial charge in [-0.25, -0.2) is 4.98 Å². The molecular weight excluding hydrogens is 282 g/mol. The summed E-state index contributed by atoms with van der Waals surface area (Å²) in [5, 5.41) is 3.38. The predicted molar refractivity (Wildman–Crippen MR) is 70.9 cm³/mol. The fourth-order valence-corrected chi connectivity index (χ4v) is 2.28. The second-order valence-electron chi connectivity index (χ2n) is 4.34. The quantitative estimate of drug-likeness (QED) is 0.850. The average Bonchev–Trinajstić information content (AvgIpc) is 2.29. The second kappa shape index (κ2) is 6.44. The number of ether oxygens (including phenoxy) is 1. The van der Waals surface area contributed by atoms with E-state index in [2.05, 4.69) is 38.2 Å². The van der Waals surface area contributed by atoms with Gasteiger partial charge < -0.3 is 15.0 Å². The highest BCUT2D eigenvalue weighted by atomic mass is 79.9. The van der Waals surface area contributed by atoms with Gasteiger partial charge in [0.15, 0.2) is 0 Å². The van der Waals surface area contributed by atoms with E-state index in [1.165, 1.54) is 0 Å². The molecule has 1 aliphatic rings. The first kappa shape index (κ1) is 13.0. The molecule has 0 bridgehead atoms. The summed E-state index contributed by atoms with van der Waals surface area (Å²) in [5.74, 6) is 0. The van der Waals surface area contributed by atoms with Gasteiger partial charge in [0.05, 0.1) is 18.4 Å². The Bertz CT molecular complexity index is 361. The van der Waals surface area contributed by atoms with Gasteiger partial charge in [0.2, 0.25) is 0 Å². The van der Waals surface area contributed by atoms with Gasteiger partial charge in [-0.2, -0.15) is 0 Å². The van der Waals surface area contributed by atoms with Crippen LogP contribution >= 0.6 is 15.9 Å². The monoisotopic (exact) mass is 299 g/mol. The number of aromatic nitrogens is 1. The molecule has 2 rings (SSSR count). The Balaban J connectivity index is 1.72. The number of hydrogen-bond donors (Lipinski definition) is 1. The predicted octanol–water partition coefficient (Wildman–Crippen LogP) is 1.26. The number of nitrogens with one attached hydrogen (secondary N) is 1. The molecule has 1 aromatic rings. The van der Waals surface area contributed by atoms with Gasteiger partial charge in [-0.05, 0) is 35.1 Å². The van der Waals surface area contributed by atoms with E-state index in [4.69, 9.17) is 4.74 Å². The normalized spacial score (nSPS) is 21.6. The highest BCUT2D eigenvalue weighted by Gasteiger charge is 2.16. The molecule has 0 aromatic carbocycles. The van der Waals surface area contributed by atoms with Gasteiger partial charge in [-0.15, -0.1) is 0 Å². The number of pyridine rings is 1. The summed E-state index contributed by atoms with van der Waals surface area (Å²) in [4.78, 5) is 6.67. The molecule has 1 fully saturated rings. The third-order valence-electron chi connectivity index (χ3n) is 2.79. The standard InChI is InChI=1S/C12H18BrN3O/c1-16-5-6-17-11(9-16)8-14-7-10-3-2-4-12(13)15-10/h2-4,11,14H,5-9H2,1H3.